The predicted octanol–water partition coefficient (Wildman–Crippen LogP) is -4.31. The summed E-state index contributed by atoms with van der Waals surface area (Å²) in [5.41, 5.74) is 22.7. The fourth-order valence-corrected chi connectivity index (χ4v) is 6.96. The molecule has 27 nitrogen and oxygen atoms in total. The van der Waals surface area contributed by atoms with Crippen molar-refractivity contribution in [2.45, 2.75) is 141 Å². The molecule has 0 spiro atoms. The van der Waals surface area contributed by atoms with Gasteiger partial charge in [0.2, 0.25) is 53.2 Å². The van der Waals surface area contributed by atoms with Crippen LogP contribution in [0, 0.1) is 17.8 Å². The Morgan fingerprint density at radius 1 is 0.589 bits per heavy atom. The molecular formula is C46H75N13O14. The molecule has 73 heavy (non-hydrogen) atoms. The normalized spacial score (nSPS) is 14.3. The smallest absolute Gasteiger partial charge is 0.326 e. The zero-order valence-corrected chi connectivity index (χ0v) is 42.1. The third-order valence-electron chi connectivity index (χ3n) is 10.7. The van der Waals surface area contributed by atoms with Gasteiger partial charge in [-0.1, -0.05) is 71.9 Å². The molecule has 1 aromatic carbocycles. The van der Waals surface area contributed by atoms with Crippen molar-refractivity contribution in [3.05, 3.63) is 35.9 Å². The Hall–Kier alpha value is -7.42. The number of aliphatic hydroxyl groups excluding tert-OH is 1. The van der Waals surface area contributed by atoms with Crippen molar-refractivity contribution in [3.8, 4) is 0 Å². The van der Waals surface area contributed by atoms with E-state index in [1.165, 1.54) is 13.8 Å². The number of benzene rings is 1. The van der Waals surface area contributed by atoms with Gasteiger partial charge in [0.25, 0.3) is 0 Å². The average molecular weight is 1030 g/mol. The summed E-state index contributed by atoms with van der Waals surface area (Å²) in [4.78, 5) is 147. The van der Waals surface area contributed by atoms with Crippen LogP contribution in [0.1, 0.15) is 92.1 Å². The average Bonchev–Trinajstić information content (AvgIpc) is 3.29. The topological polar surface area (TPSA) is 461 Å². The van der Waals surface area contributed by atoms with Crippen LogP contribution in [0.3, 0.4) is 0 Å². The molecular weight excluding hydrogens is 959 g/mol. The van der Waals surface area contributed by atoms with Crippen molar-refractivity contribution in [2.24, 2.45) is 45.7 Å². The second kappa shape index (κ2) is 32.5. The van der Waals surface area contributed by atoms with Gasteiger partial charge in [-0.2, -0.15) is 0 Å². The van der Waals surface area contributed by atoms with E-state index in [4.69, 9.17) is 22.9 Å². The number of nitrogens with one attached hydrogen (secondary N) is 8. The minimum absolute atomic E-state index is 0.0183. The SMILES string of the molecule is CC(C)CC(N)C(=O)NC(CC(C)C)C(=O)NCC(=O)NC(CCCN=C(N)N)C(=O)NC(CC(N)=O)C(=O)NC(CO)C(=O)NC(Cc1ccccc1)C(=O)NC(CCC(=O)O)C(=O)NC(C(=O)O)C(C)C. The van der Waals surface area contributed by atoms with Crippen LogP contribution in [0.25, 0.3) is 0 Å². The highest BCUT2D eigenvalue weighted by Gasteiger charge is 2.35. The highest BCUT2D eigenvalue weighted by molar-refractivity contribution is 5.99. The lowest BCUT2D eigenvalue weighted by molar-refractivity contribution is -0.144. The van der Waals surface area contributed by atoms with Crippen LogP contribution in [0.15, 0.2) is 35.3 Å². The molecule has 1 rings (SSSR count). The number of rotatable bonds is 34. The first-order chi connectivity index (χ1) is 34.1. The van der Waals surface area contributed by atoms with Crippen LogP contribution in [-0.4, -0.2) is 154 Å². The molecule has 0 saturated carbocycles. The number of hydrogen-bond acceptors (Lipinski definition) is 14. The summed E-state index contributed by atoms with van der Waals surface area (Å²) in [7, 11) is 0. The summed E-state index contributed by atoms with van der Waals surface area (Å²) in [6.45, 7) is 8.60. The number of aliphatic carboxylic acids is 2. The highest BCUT2D eigenvalue weighted by atomic mass is 16.4. The molecule has 408 valence electrons. The van der Waals surface area contributed by atoms with Crippen molar-refractivity contribution in [1.29, 1.82) is 0 Å². The van der Waals surface area contributed by atoms with Crippen molar-refractivity contribution in [2.75, 3.05) is 19.7 Å². The second-order valence-electron chi connectivity index (χ2n) is 18.5. The fraction of sp³-hybridized carbons (Fsp3) is 0.609. The lowest BCUT2D eigenvalue weighted by atomic mass is 10.0. The van der Waals surface area contributed by atoms with Gasteiger partial charge in [-0.05, 0) is 55.4 Å². The van der Waals surface area contributed by atoms with E-state index in [-0.39, 0.29) is 50.0 Å². The summed E-state index contributed by atoms with van der Waals surface area (Å²) in [6, 6.07) is -3.66. The molecule has 8 atom stereocenters. The Labute approximate surface area is 423 Å². The molecule has 0 bridgehead atoms. The summed E-state index contributed by atoms with van der Waals surface area (Å²) in [5.74, 6) is -12.4. The van der Waals surface area contributed by atoms with E-state index in [1.807, 2.05) is 27.7 Å². The molecule has 0 aliphatic rings. The van der Waals surface area contributed by atoms with E-state index in [0.29, 0.717) is 12.0 Å². The van der Waals surface area contributed by atoms with E-state index in [1.54, 1.807) is 30.3 Å². The van der Waals surface area contributed by atoms with Gasteiger partial charge >= 0.3 is 11.9 Å². The van der Waals surface area contributed by atoms with E-state index in [2.05, 4.69) is 47.5 Å². The number of aliphatic hydroxyl groups is 1. The van der Waals surface area contributed by atoms with E-state index >= 15 is 0 Å². The van der Waals surface area contributed by atoms with E-state index in [9.17, 15) is 68.1 Å². The van der Waals surface area contributed by atoms with Gasteiger partial charge in [0.15, 0.2) is 5.96 Å². The lowest BCUT2D eigenvalue weighted by Crippen LogP contribution is -2.61. The quantitative estimate of drug-likeness (QED) is 0.0176. The summed E-state index contributed by atoms with van der Waals surface area (Å²) in [6.07, 6.45) is -1.79. The Morgan fingerprint density at radius 3 is 1.63 bits per heavy atom. The maximum atomic E-state index is 13.9. The molecule has 0 fully saturated rings. The van der Waals surface area contributed by atoms with Gasteiger partial charge in [-0.25, -0.2) is 4.79 Å². The summed E-state index contributed by atoms with van der Waals surface area (Å²) in [5, 5.41) is 48.3. The van der Waals surface area contributed by atoms with Crippen LogP contribution in [-0.2, 0) is 59.2 Å². The van der Waals surface area contributed by atoms with E-state index in [0.717, 1.165) is 0 Å². The fourth-order valence-electron chi connectivity index (χ4n) is 6.96. The van der Waals surface area contributed by atoms with Crippen molar-refractivity contribution < 1.29 is 68.1 Å². The van der Waals surface area contributed by atoms with Gasteiger partial charge < -0.3 is 80.8 Å². The first-order valence-electron chi connectivity index (χ1n) is 23.7. The lowest BCUT2D eigenvalue weighted by Gasteiger charge is -2.27. The molecule has 19 N–H and O–H groups in total. The largest absolute Gasteiger partial charge is 0.481 e. The van der Waals surface area contributed by atoms with Gasteiger partial charge in [-0.15, -0.1) is 0 Å². The van der Waals surface area contributed by atoms with Crippen molar-refractivity contribution in [1.82, 2.24) is 42.5 Å². The predicted molar refractivity (Wildman–Crippen MR) is 264 cm³/mol. The van der Waals surface area contributed by atoms with Crippen LogP contribution in [0.5, 0.6) is 0 Å². The minimum Gasteiger partial charge on any atom is -0.481 e. The Balaban J connectivity index is 3.39. The third-order valence-corrected chi connectivity index (χ3v) is 10.7. The number of aliphatic imine (C=N–C) groups is 1. The number of primary amides is 1. The zero-order chi connectivity index (χ0) is 55.5. The Bertz CT molecular complexity index is 2090. The van der Waals surface area contributed by atoms with E-state index < -0.39 is 152 Å². The molecule has 8 unspecified atom stereocenters. The number of nitrogens with two attached hydrogens (primary N) is 4. The molecule has 1 aromatic rings. The molecule has 0 heterocycles. The third kappa shape index (κ3) is 25.5. The molecule has 27 heteroatoms. The van der Waals surface area contributed by atoms with Gasteiger partial charge in [0, 0.05) is 19.4 Å². The highest BCUT2D eigenvalue weighted by Crippen LogP contribution is 2.11. The van der Waals surface area contributed by atoms with Gasteiger partial charge in [0.1, 0.15) is 42.3 Å². The maximum absolute atomic E-state index is 13.9. The molecule has 9 amide bonds. The molecule has 0 aromatic heterocycles. The zero-order valence-electron chi connectivity index (χ0n) is 42.1. The number of carboxylic acid groups (broad SMARTS) is 2. The van der Waals surface area contributed by atoms with Crippen molar-refractivity contribution >= 4 is 71.1 Å². The maximum Gasteiger partial charge on any atom is 0.326 e. The van der Waals surface area contributed by atoms with Crippen molar-refractivity contribution in [3.63, 3.8) is 0 Å². The van der Waals surface area contributed by atoms with Crippen LogP contribution in [0.4, 0.5) is 0 Å². The first kappa shape index (κ1) is 63.6. The standard InChI is InChI=1S/C46H75N13O14/c1-23(2)17-27(47)38(65)55-30(18-24(3)4)39(66)52-21-35(62)53-28(13-10-16-51-46(49)50)40(67)57-32(20-34(48)61)43(70)58-33(22-60)44(71)56-31(19-26-11-8-7-9-12-26)42(69)54-29(14-15-36(63)64)41(68)59-37(25(5)6)45(72)73/h7-9,11-12,23-25,27-33,37,60H,10,13-22,47H2,1-6H3,(H2,48,61)(H,52,66)(H,53,62)(H,54,69)(H,55,65)(H,56,71)(H,57,67)(H,58,70)(H,59,68)(H,63,64)(H,72,73)(H4,49,50,51). The number of carbonyl (C=O) groups excluding carboxylic acids is 9. The number of amides is 9. The van der Waals surface area contributed by atoms with Crippen LogP contribution >= 0.6 is 0 Å². The number of nitrogens with zero attached hydrogens (tertiary/aromatic N) is 1. The molecule has 0 aliphatic heterocycles. The number of carbonyl (C=O) groups is 11. The second-order valence-corrected chi connectivity index (χ2v) is 18.5. The molecule has 0 radical (unpaired) electrons. The minimum atomic E-state index is -1.88. The summed E-state index contributed by atoms with van der Waals surface area (Å²) >= 11 is 0. The number of guanidine groups is 1. The van der Waals surface area contributed by atoms with Gasteiger partial charge in [-0.3, -0.25) is 52.9 Å². The monoisotopic (exact) mass is 1030 g/mol. The van der Waals surface area contributed by atoms with Gasteiger partial charge in [0.05, 0.1) is 25.6 Å². The number of hydrogen-bond donors (Lipinski definition) is 15. The molecule has 0 aliphatic carbocycles. The summed E-state index contributed by atoms with van der Waals surface area (Å²) < 4.78 is 0. The Kier molecular flexibility index (Phi) is 28.3. The molecule has 0 saturated heterocycles. The van der Waals surface area contributed by atoms with Crippen LogP contribution < -0.4 is 65.5 Å². The Morgan fingerprint density at radius 2 is 1.10 bits per heavy atom. The number of carboxylic acids is 2. The van der Waals surface area contributed by atoms with Crippen LogP contribution in [0.2, 0.25) is 0 Å². The first-order valence-corrected chi connectivity index (χ1v) is 23.7.